The minimum absolute atomic E-state index is 0.466. The normalized spacial score (nSPS) is 10.8. The summed E-state index contributed by atoms with van der Waals surface area (Å²) in [6.07, 6.45) is 0. The van der Waals surface area contributed by atoms with Gasteiger partial charge in [0.05, 0.1) is 0 Å². The predicted molar refractivity (Wildman–Crippen MR) is 103 cm³/mol. The lowest BCUT2D eigenvalue weighted by Crippen LogP contribution is -2.20. The van der Waals surface area contributed by atoms with E-state index in [1.807, 2.05) is 0 Å². The van der Waals surface area contributed by atoms with E-state index >= 15 is 0 Å². The van der Waals surface area contributed by atoms with Crippen molar-refractivity contribution >= 4 is 46.4 Å². The van der Waals surface area contributed by atoms with Gasteiger partial charge in [0, 0.05) is 4.43 Å². The summed E-state index contributed by atoms with van der Waals surface area (Å²) in [4.78, 5) is 0. The van der Waals surface area contributed by atoms with Crippen molar-refractivity contribution in [1.29, 1.82) is 0 Å². The quantitative estimate of drug-likeness (QED) is 0.345. The molecule has 2 heteroatoms. The van der Waals surface area contributed by atoms with Crippen LogP contribution >= 0.6 is 30.5 Å². The Kier molecular flexibility index (Phi) is 5.05. The molecule has 0 bridgehead atoms. The molecule has 0 aliphatic rings. The Labute approximate surface area is 141 Å². The monoisotopic (exact) mass is 402 g/mol. The SMILES string of the molecule is ICc1ccc(P(c2ccccc2)c2ccccc2)cc1. The Morgan fingerprint density at radius 3 is 1.43 bits per heavy atom. The van der Waals surface area contributed by atoms with Crippen molar-refractivity contribution in [3.05, 3.63) is 90.5 Å². The highest BCUT2D eigenvalue weighted by molar-refractivity contribution is 14.1. The molecule has 0 atom stereocenters. The fraction of sp³-hybridized carbons (Fsp3) is 0.0526. The molecule has 21 heavy (non-hydrogen) atoms. The van der Waals surface area contributed by atoms with Crippen molar-refractivity contribution in [3.63, 3.8) is 0 Å². The van der Waals surface area contributed by atoms with Crippen molar-refractivity contribution in [3.8, 4) is 0 Å². The molecule has 0 aliphatic carbocycles. The molecule has 3 aromatic rings. The molecule has 0 aromatic heterocycles. The van der Waals surface area contributed by atoms with Crippen molar-refractivity contribution in [2.45, 2.75) is 4.43 Å². The highest BCUT2D eigenvalue weighted by Gasteiger charge is 2.15. The average Bonchev–Trinajstić information content (AvgIpc) is 2.58. The van der Waals surface area contributed by atoms with Crippen LogP contribution in [0.3, 0.4) is 0 Å². The largest absolute Gasteiger partial charge is 0.0812 e. The first-order valence-corrected chi connectivity index (χ1v) is 9.80. The van der Waals surface area contributed by atoms with Gasteiger partial charge in [-0.2, -0.15) is 0 Å². The average molecular weight is 402 g/mol. The molecule has 104 valence electrons. The third kappa shape index (κ3) is 3.53. The van der Waals surface area contributed by atoms with Crippen LogP contribution in [-0.2, 0) is 4.43 Å². The van der Waals surface area contributed by atoms with Gasteiger partial charge in [0.2, 0.25) is 0 Å². The van der Waals surface area contributed by atoms with Crippen LogP contribution in [0, 0.1) is 0 Å². The zero-order chi connectivity index (χ0) is 14.5. The van der Waals surface area contributed by atoms with Crippen molar-refractivity contribution in [2.24, 2.45) is 0 Å². The number of alkyl halides is 1. The van der Waals surface area contributed by atoms with E-state index in [1.54, 1.807) is 0 Å². The Morgan fingerprint density at radius 1 is 0.571 bits per heavy atom. The van der Waals surface area contributed by atoms with Gasteiger partial charge in [-0.15, -0.1) is 0 Å². The van der Waals surface area contributed by atoms with E-state index in [0.29, 0.717) is 0 Å². The molecule has 0 fully saturated rings. The second-order valence-electron chi connectivity index (χ2n) is 4.81. The van der Waals surface area contributed by atoms with Crippen molar-refractivity contribution in [1.82, 2.24) is 0 Å². The standard InChI is InChI=1S/C19H16IP/c20-15-16-11-13-19(14-12-16)21(17-7-3-1-4-8-17)18-9-5-2-6-10-18/h1-14H,15H2. The maximum Gasteiger partial charge on any atom is 0.0247 e. The first-order valence-electron chi connectivity index (χ1n) is 6.93. The van der Waals surface area contributed by atoms with Crippen LogP contribution < -0.4 is 15.9 Å². The second-order valence-corrected chi connectivity index (χ2v) is 7.79. The van der Waals surface area contributed by atoms with E-state index in [-0.39, 0.29) is 0 Å². The van der Waals surface area contributed by atoms with Gasteiger partial charge in [0.1, 0.15) is 0 Å². The number of hydrogen-bond acceptors (Lipinski definition) is 0. The van der Waals surface area contributed by atoms with E-state index in [2.05, 4.69) is 108 Å². The van der Waals surface area contributed by atoms with Gasteiger partial charge in [-0.3, -0.25) is 0 Å². The van der Waals surface area contributed by atoms with Crippen LogP contribution in [0.25, 0.3) is 0 Å². The number of rotatable bonds is 4. The molecule has 0 spiro atoms. The topological polar surface area (TPSA) is 0 Å². The van der Waals surface area contributed by atoms with Gasteiger partial charge < -0.3 is 0 Å². The van der Waals surface area contributed by atoms with Crippen LogP contribution in [-0.4, -0.2) is 0 Å². The molecule has 0 aliphatic heterocycles. The maximum atomic E-state index is 2.41. The molecule has 3 rings (SSSR count). The predicted octanol–water partition coefficient (Wildman–Crippen LogP) is 4.38. The highest BCUT2D eigenvalue weighted by Crippen LogP contribution is 2.32. The lowest BCUT2D eigenvalue weighted by atomic mass is 10.2. The fourth-order valence-electron chi connectivity index (χ4n) is 2.34. The number of halogens is 1. The molecule has 0 radical (unpaired) electrons. The summed E-state index contributed by atoms with van der Waals surface area (Å²) >= 11 is 2.41. The lowest BCUT2D eigenvalue weighted by molar-refractivity contribution is 1.47. The molecular weight excluding hydrogens is 386 g/mol. The maximum absolute atomic E-state index is 2.41. The summed E-state index contributed by atoms with van der Waals surface area (Å²) in [7, 11) is -0.466. The zero-order valence-corrected chi connectivity index (χ0v) is 14.7. The summed E-state index contributed by atoms with van der Waals surface area (Å²) in [6.45, 7) is 0. The van der Waals surface area contributed by atoms with E-state index in [0.717, 1.165) is 4.43 Å². The summed E-state index contributed by atoms with van der Waals surface area (Å²) in [6, 6.07) is 30.7. The molecule has 0 saturated heterocycles. The van der Waals surface area contributed by atoms with Crippen LogP contribution in [0.2, 0.25) is 0 Å². The Bertz CT molecular complexity index is 638. The van der Waals surface area contributed by atoms with Gasteiger partial charge in [-0.25, -0.2) is 0 Å². The van der Waals surface area contributed by atoms with Gasteiger partial charge >= 0.3 is 0 Å². The van der Waals surface area contributed by atoms with Crippen LogP contribution in [0.4, 0.5) is 0 Å². The summed E-state index contributed by atoms with van der Waals surface area (Å²) in [5.41, 5.74) is 1.38. The number of benzene rings is 3. The minimum atomic E-state index is -0.466. The first kappa shape index (κ1) is 14.7. The molecule has 0 unspecified atom stereocenters. The molecule has 0 amide bonds. The second kappa shape index (κ2) is 7.20. The van der Waals surface area contributed by atoms with Gasteiger partial charge in [0.15, 0.2) is 0 Å². The van der Waals surface area contributed by atoms with E-state index in [1.165, 1.54) is 21.5 Å². The fourth-order valence-corrected chi connectivity index (χ4v) is 5.13. The van der Waals surface area contributed by atoms with Crippen LogP contribution in [0.1, 0.15) is 5.56 Å². The number of hydrogen-bond donors (Lipinski definition) is 0. The third-order valence-electron chi connectivity index (χ3n) is 3.38. The highest BCUT2D eigenvalue weighted by atomic mass is 127. The third-order valence-corrected chi connectivity index (χ3v) is 6.70. The molecule has 3 aromatic carbocycles. The smallest absolute Gasteiger partial charge is 0.0247 e. The van der Waals surface area contributed by atoms with Crippen LogP contribution in [0.15, 0.2) is 84.9 Å². The summed E-state index contributed by atoms with van der Waals surface area (Å²) in [5, 5.41) is 4.22. The minimum Gasteiger partial charge on any atom is -0.0812 e. The summed E-state index contributed by atoms with van der Waals surface area (Å²) < 4.78 is 1.06. The molecule has 0 saturated carbocycles. The van der Waals surface area contributed by atoms with Crippen LogP contribution in [0.5, 0.6) is 0 Å². The zero-order valence-electron chi connectivity index (χ0n) is 11.6. The van der Waals surface area contributed by atoms with E-state index in [9.17, 15) is 0 Å². The Balaban J connectivity index is 2.07. The van der Waals surface area contributed by atoms with E-state index < -0.39 is 7.92 Å². The molecular formula is C19H16IP. The Morgan fingerprint density at radius 2 is 1.00 bits per heavy atom. The Hall–Kier alpha value is -1.18. The van der Waals surface area contributed by atoms with Gasteiger partial charge in [-0.05, 0) is 29.4 Å². The van der Waals surface area contributed by atoms with Gasteiger partial charge in [-0.1, -0.05) is 108 Å². The molecule has 0 nitrogen and oxygen atoms in total. The lowest BCUT2D eigenvalue weighted by Gasteiger charge is -2.19. The van der Waals surface area contributed by atoms with Gasteiger partial charge in [0.25, 0.3) is 0 Å². The van der Waals surface area contributed by atoms with Crippen molar-refractivity contribution < 1.29 is 0 Å². The van der Waals surface area contributed by atoms with Crippen molar-refractivity contribution in [2.75, 3.05) is 0 Å². The molecule has 0 N–H and O–H groups in total. The van der Waals surface area contributed by atoms with E-state index in [4.69, 9.17) is 0 Å². The summed E-state index contributed by atoms with van der Waals surface area (Å²) in [5.74, 6) is 0. The molecule has 0 heterocycles. The first-order chi connectivity index (χ1) is 10.4.